The monoisotopic (exact) mass is 586 g/mol. The maximum atomic E-state index is 6.34. The predicted molar refractivity (Wildman–Crippen MR) is 176 cm³/mol. The Morgan fingerprint density at radius 3 is 2.35 bits per heavy atom. The van der Waals surface area contributed by atoms with Crippen LogP contribution in [-0.4, -0.2) is 91.3 Å². The molecule has 6 rings (SSSR count). The molecule has 4 heterocycles. The summed E-state index contributed by atoms with van der Waals surface area (Å²) in [5, 5.41) is 8.60. The average Bonchev–Trinajstić information content (AvgIpc) is 3.69. The van der Waals surface area contributed by atoms with Crippen molar-refractivity contribution in [1.82, 2.24) is 19.7 Å². The summed E-state index contributed by atoms with van der Waals surface area (Å²) in [6.45, 7) is 14.9. The average molecular weight is 587 g/mol. The van der Waals surface area contributed by atoms with Crippen LogP contribution in [0.4, 0.5) is 11.5 Å². The smallest absolute Gasteiger partial charge is 0.163 e. The maximum Gasteiger partial charge on any atom is 0.163 e. The number of nitrogens with one attached hydrogen (secondary N) is 2. The van der Waals surface area contributed by atoms with Gasteiger partial charge in [-0.25, -0.2) is 4.98 Å². The van der Waals surface area contributed by atoms with Gasteiger partial charge >= 0.3 is 0 Å². The Morgan fingerprint density at radius 2 is 1.65 bits per heavy atom. The normalized spacial score (nSPS) is 18.4. The molecule has 232 valence electrons. The van der Waals surface area contributed by atoms with Crippen molar-refractivity contribution in [3.63, 3.8) is 0 Å². The van der Waals surface area contributed by atoms with E-state index in [9.17, 15) is 0 Å². The highest BCUT2D eigenvalue weighted by molar-refractivity contribution is 5.95. The van der Waals surface area contributed by atoms with Gasteiger partial charge in [-0.2, -0.15) is 0 Å². The van der Waals surface area contributed by atoms with E-state index >= 15 is 0 Å². The quantitative estimate of drug-likeness (QED) is 0.243. The number of aromatic nitrogens is 1. The zero-order valence-corrected chi connectivity index (χ0v) is 26.4. The summed E-state index contributed by atoms with van der Waals surface area (Å²) < 4.78 is 12.2. The molecule has 43 heavy (non-hydrogen) atoms. The van der Waals surface area contributed by atoms with Crippen LogP contribution in [0.15, 0.2) is 42.5 Å². The van der Waals surface area contributed by atoms with Gasteiger partial charge in [-0.1, -0.05) is 24.3 Å². The van der Waals surface area contributed by atoms with Crippen LogP contribution >= 0.6 is 0 Å². The fraction of sp³-hybridized carbons (Fsp3) is 0.571. The van der Waals surface area contributed by atoms with E-state index in [-0.39, 0.29) is 0 Å². The van der Waals surface area contributed by atoms with Gasteiger partial charge in [0.15, 0.2) is 11.5 Å². The zero-order chi connectivity index (χ0) is 29.6. The molecule has 0 bridgehead atoms. The standard InChI is InChI=1S/C35H50N6O2/c1-26(2)41-17-11-29(12-18-41)37-32-23-35(36-13-19-39-14-6-7-15-39)38-31-22-34(33(42-3)21-30(31)32)43-20-8-16-40-24-27-9-4-5-10-28(27)25-40/h4-5,9-10,21-23,26,29H,6-8,11-20,24-25H2,1-3H3,(H2,36,37,38). The number of anilines is 2. The number of pyridine rings is 1. The molecule has 8 heteroatoms. The van der Waals surface area contributed by atoms with Crippen LogP contribution in [0.1, 0.15) is 57.1 Å². The molecule has 2 saturated heterocycles. The number of hydrogen-bond acceptors (Lipinski definition) is 8. The molecule has 3 aliphatic rings. The van der Waals surface area contributed by atoms with Gasteiger partial charge in [-0.3, -0.25) is 4.90 Å². The number of piperidine rings is 1. The van der Waals surface area contributed by atoms with Gasteiger partial charge in [0.05, 0.1) is 19.2 Å². The molecule has 0 radical (unpaired) electrons. The number of methoxy groups -OCH3 is 1. The van der Waals surface area contributed by atoms with Crippen LogP contribution in [0, 0.1) is 0 Å². The topological polar surface area (TPSA) is 65.1 Å². The number of nitrogens with zero attached hydrogens (tertiary/aromatic N) is 4. The number of likely N-dealkylation sites (tertiary alicyclic amines) is 2. The molecule has 8 nitrogen and oxygen atoms in total. The lowest BCUT2D eigenvalue weighted by Crippen LogP contribution is -2.42. The van der Waals surface area contributed by atoms with Crippen LogP contribution in [0.25, 0.3) is 10.9 Å². The third kappa shape index (κ3) is 7.54. The van der Waals surface area contributed by atoms with Gasteiger partial charge in [0.1, 0.15) is 5.82 Å². The van der Waals surface area contributed by atoms with Crippen molar-refractivity contribution in [3.05, 3.63) is 53.6 Å². The van der Waals surface area contributed by atoms with E-state index in [1.165, 1.54) is 37.1 Å². The fourth-order valence-corrected chi connectivity index (χ4v) is 6.88. The number of rotatable bonds is 13. The molecule has 0 amide bonds. The second kappa shape index (κ2) is 14.1. The van der Waals surface area contributed by atoms with E-state index in [0.29, 0.717) is 18.7 Å². The summed E-state index contributed by atoms with van der Waals surface area (Å²) in [7, 11) is 1.73. The molecule has 0 unspecified atom stereocenters. The SMILES string of the molecule is COc1cc2c(NC3CCN(C(C)C)CC3)cc(NCCN3CCCC3)nc2cc1OCCCN1Cc2ccccc2C1. The first-order valence-electron chi connectivity index (χ1n) is 16.5. The van der Waals surface area contributed by atoms with Crippen molar-refractivity contribution in [1.29, 1.82) is 0 Å². The van der Waals surface area contributed by atoms with Crippen LogP contribution in [0.5, 0.6) is 11.5 Å². The molecule has 3 aromatic rings. The van der Waals surface area contributed by atoms with Crippen LogP contribution in [0.2, 0.25) is 0 Å². The van der Waals surface area contributed by atoms with Crippen LogP contribution in [0.3, 0.4) is 0 Å². The van der Waals surface area contributed by atoms with Crippen molar-refractivity contribution in [2.75, 3.05) is 70.2 Å². The largest absolute Gasteiger partial charge is 0.493 e. The Morgan fingerprint density at radius 1 is 0.907 bits per heavy atom. The van der Waals surface area contributed by atoms with Crippen molar-refractivity contribution in [2.24, 2.45) is 0 Å². The first kappa shape index (κ1) is 30.0. The molecule has 0 spiro atoms. The summed E-state index contributed by atoms with van der Waals surface area (Å²) in [6.07, 6.45) is 5.87. The fourth-order valence-electron chi connectivity index (χ4n) is 6.88. The van der Waals surface area contributed by atoms with Crippen molar-refractivity contribution in [2.45, 2.75) is 71.1 Å². The summed E-state index contributed by atoms with van der Waals surface area (Å²) in [5.41, 5.74) is 4.95. The molecule has 2 fully saturated rings. The molecule has 0 saturated carbocycles. The Labute approximate surface area is 257 Å². The Kier molecular flexibility index (Phi) is 9.86. The molecule has 2 aromatic carbocycles. The number of fused-ring (bicyclic) bond motifs is 2. The number of ether oxygens (including phenoxy) is 2. The van der Waals surface area contributed by atoms with E-state index < -0.39 is 0 Å². The lowest BCUT2D eigenvalue weighted by atomic mass is 10.0. The maximum absolute atomic E-state index is 6.34. The Balaban J connectivity index is 1.15. The minimum Gasteiger partial charge on any atom is -0.493 e. The third-order valence-electron chi connectivity index (χ3n) is 9.43. The summed E-state index contributed by atoms with van der Waals surface area (Å²) in [6, 6.07) is 16.2. The minimum absolute atomic E-state index is 0.441. The van der Waals surface area contributed by atoms with Crippen LogP contribution in [-0.2, 0) is 13.1 Å². The van der Waals surface area contributed by atoms with Crippen molar-refractivity contribution < 1.29 is 9.47 Å². The molecule has 0 aliphatic carbocycles. The van der Waals surface area contributed by atoms with Crippen molar-refractivity contribution >= 4 is 22.4 Å². The first-order chi connectivity index (χ1) is 21.1. The van der Waals surface area contributed by atoms with Gasteiger partial charge in [0, 0.05) is 81.1 Å². The second-order valence-electron chi connectivity index (χ2n) is 12.8. The molecular formula is C35H50N6O2. The summed E-state index contributed by atoms with van der Waals surface area (Å²) in [5.74, 6) is 2.44. The van der Waals surface area contributed by atoms with E-state index in [1.807, 2.05) is 0 Å². The lowest BCUT2D eigenvalue weighted by molar-refractivity contribution is 0.177. The Hall–Kier alpha value is -3.07. The highest BCUT2D eigenvalue weighted by Crippen LogP contribution is 2.37. The van der Waals surface area contributed by atoms with E-state index in [0.717, 1.165) is 99.0 Å². The minimum atomic E-state index is 0.441. The van der Waals surface area contributed by atoms with E-state index in [4.69, 9.17) is 14.5 Å². The summed E-state index contributed by atoms with van der Waals surface area (Å²) >= 11 is 0. The molecule has 2 N–H and O–H groups in total. The van der Waals surface area contributed by atoms with E-state index in [1.54, 1.807) is 7.11 Å². The zero-order valence-electron chi connectivity index (χ0n) is 26.4. The molecule has 3 aliphatic heterocycles. The van der Waals surface area contributed by atoms with Gasteiger partial charge in [-0.15, -0.1) is 0 Å². The van der Waals surface area contributed by atoms with Gasteiger partial charge in [0.25, 0.3) is 0 Å². The van der Waals surface area contributed by atoms with Gasteiger partial charge < -0.3 is 29.9 Å². The highest BCUT2D eigenvalue weighted by Gasteiger charge is 2.23. The van der Waals surface area contributed by atoms with Crippen molar-refractivity contribution in [3.8, 4) is 11.5 Å². The molecular weight excluding hydrogens is 536 g/mol. The molecule has 0 atom stereocenters. The van der Waals surface area contributed by atoms with Crippen LogP contribution < -0.4 is 20.1 Å². The predicted octanol–water partition coefficient (Wildman–Crippen LogP) is 5.82. The number of benzene rings is 2. The Bertz CT molecular complexity index is 1320. The second-order valence-corrected chi connectivity index (χ2v) is 12.8. The lowest BCUT2D eigenvalue weighted by Gasteiger charge is -2.35. The number of hydrogen-bond donors (Lipinski definition) is 2. The third-order valence-corrected chi connectivity index (χ3v) is 9.43. The first-order valence-corrected chi connectivity index (χ1v) is 16.5. The highest BCUT2D eigenvalue weighted by atomic mass is 16.5. The van der Waals surface area contributed by atoms with Gasteiger partial charge in [-0.05, 0) is 76.2 Å². The molecule has 1 aromatic heterocycles. The van der Waals surface area contributed by atoms with E-state index in [2.05, 4.69) is 81.6 Å². The van der Waals surface area contributed by atoms with Gasteiger partial charge in [0.2, 0.25) is 0 Å². The summed E-state index contributed by atoms with van der Waals surface area (Å²) in [4.78, 5) is 12.7.